The monoisotopic (exact) mass is 366 g/mol. The van der Waals surface area contributed by atoms with Crippen LogP contribution in [-0.4, -0.2) is 10.5 Å². The number of aromatic nitrogens is 1. The third-order valence-corrected chi connectivity index (χ3v) is 4.44. The molecule has 1 N–H and O–H groups in total. The Labute approximate surface area is 137 Å². The van der Waals surface area contributed by atoms with Gasteiger partial charge in [0.05, 0.1) is 11.1 Å². The zero-order valence-electron chi connectivity index (χ0n) is 11.6. The van der Waals surface area contributed by atoms with E-state index in [2.05, 4.69) is 21.2 Å². The van der Waals surface area contributed by atoms with Gasteiger partial charge >= 0.3 is 0 Å². The highest BCUT2D eigenvalue weighted by Crippen LogP contribution is 2.37. The Morgan fingerprint density at radius 3 is 2.67 bits per heavy atom. The Morgan fingerprint density at radius 2 is 2.05 bits per heavy atom. The highest BCUT2D eigenvalue weighted by Gasteiger charge is 2.28. The van der Waals surface area contributed by atoms with Gasteiger partial charge in [-0.25, -0.2) is 0 Å². The average molecular weight is 368 g/mol. The topological polar surface area (TPSA) is 34.0 Å². The second kappa shape index (κ2) is 5.85. The predicted molar refractivity (Wildman–Crippen MR) is 87.7 cm³/mol. The molecule has 110 valence electrons. The molecule has 3 nitrogen and oxygen atoms in total. The normalized spacial score (nSPS) is 15.8. The fraction of sp³-hybridized carbons (Fsp3) is 0.312. The zero-order chi connectivity index (χ0) is 15.0. The van der Waals surface area contributed by atoms with Gasteiger partial charge in [-0.15, -0.1) is 0 Å². The molecule has 5 heteroatoms. The quantitative estimate of drug-likeness (QED) is 0.833. The maximum atomic E-state index is 12.5. The Kier molecular flexibility index (Phi) is 4.09. The Balaban J connectivity index is 1.75. The first-order valence-electron chi connectivity index (χ1n) is 6.98. The van der Waals surface area contributed by atoms with E-state index >= 15 is 0 Å². The van der Waals surface area contributed by atoms with Crippen LogP contribution in [0.25, 0.3) is 0 Å². The minimum atomic E-state index is -0.0794. The highest BCUT2D eigenvalue weighted by molar-refractivity contribution is 9.10. The second-order valence-electron chi connectivity index (χ2n) is 5.43. The van der Waals surface area contributed by atoms with Gasteiger partial charge in [0.25, 0.3) is 5.91 Å². The maximum Gasteiger partial charge on any atom is 0.268 e. The van der Waals surface area contributed by atoms with Gasteiger partial charge in [-0.3, -0.25) is 4.79 Å². The van der Waals surface area contributed by atoms with Gasteiger partial charge in [-0.2, -0.15) is 0 Å². The number of hydrogen-bond acceptors (Lipinski definition) is 1. The summed E-state index contributed by atoms with van der Waals surface area (Å²) >= 11 is 9.46. The molecule has 1 aliphatic rings. The number of carbonyl (C=O) groups is 1. The Bertz CT molecular complexity index is 661. The first kappa shape index (κ1) is 14.7. The van der Waals surface area contributed by atoms with Crippen molar-refractivity contribution in [1.29, 1.82) is 0 Å². The molecule has 1 aromatic carbocycles. The largest absolute Gasteiger partial charge is 0.344 e. The van der Waals surface area contributed by atoms with Crippen molar-refractivity contribution in [3.05, 3.63) is 57.3 Å². The highest BCUT2D eigenvalue weighted by atomic mass is 79.9. The summed E-state index contributed by atoms with van der Waals surface area (Å²) in [6.07, 6.45) is 4.08. The molecule has 1 atom stereocenters. The van der Waals surface area contributed by atoms with Gasteiger partial charge in [0.15, 0.2) is 0 Å². The lowest BCUT2D eigenvalue weighted by Crippen LogP contribution is -2.28. The van der Waals surface area contributed by atoms with Crippen LogP contribution >= 0.6 is 27.5 Å². The summed E-state index contributed by atoms with van der Waals surface area (Å²) in [6.45, 7) is 1.98. The fourth-order valence-electron chi connectivity index (χ4n) is 2.39. The van der Waals surface area contributed by atoms with Crippen LogP contribution in [0.3, 0.4) is 0 Å². The van der Waals surface area contributed by atoms with E-state index in [0.717, 1.165) is 22.9 Å². The molecule has 1 saturated carbocycles. The maximum absolute atomic E-state index is 12.5. The van der Waals surface area contributed by atoms with Crippen molar-refractivity contribution >= 4 is 33.4 Å². The van der Waals surface area contributed by atoms with Crippen molar-refractivity contribution in [1.82, 2.24) is 9.88 Å². The van der Waals surface area contributed by atoms with Crippen molar-refractivity contribution in [3.63, 3.8) is 0 Å². The molecule has 0 spiro atoms. The SMILES string of the molecule is CC(NC(=O)c1cc(Cl)cn1C1CC1)c1ccc(Br)cc1. The van der Waals surface area contributed by atoms with E-state index in [-0.39, 0.29) is 11.9 Å². The minimum Gasteiger partial charge on any atom is -0.344 e. The van der Waals surface area contributed by atoms with Gasteiger partial charge in [0, 0.05) is 16.7 Å². The van der Waals surface area contributed by atoms with E-state index in [4.69, 9.17) is 11.6 Å². The van der Waals surface area contributed by atoms with Gasteiger partial charge < -0.3 is 9.88 Å². The molecule has 0 aliphatic heterocycles. The van der Waals surface area contributed by atoms with Crippen LogP contribution in [0.2, 0.25) is 5.02 Å². The third kappa shape index (κ3) is 3.33. The van der Waals surface area contributed by atoms with Crippen LogP contribution in [0.1, 0.15) is 47.9 Å². The predicted octanol–water partition coefficient (Wildman–Crippen LogP) is 4.73. The molecule has 1 amide bonds. The van der Waals surface area contributed by atoms with Gasteiger partial charge in [-0.05, 0) is 43.5 Å². The Hall–Kier alpha value is -1.26. The summed E-state index contributed by atoms with van der Waals surface area (Å²) < 4.78 is 3.02. The van der Waals surface area contributed by atoms with Crippen molar-refractivity contribution in [2.75, 3.05) is 0 Å². The fourth-order valence-corrected chi connectivity index (χ4v) is 2.86. The molecule has 21 heavy (non-hydrogen) atoms. The lowest BCUT2D eigenvalue weighted by atomic mass is 10.1. The van der Waals surface area contributed by atoms with Gasteiger partial charge in [0.2, 0.25) is 0 Å². The molecule has 3 rings (SSSR count). The molecule has 1 heterocycles. The van der Waals surface area contributed by atoms with Crippen LogP contribution in [0.15, 0.2) is 41.0 Å². The Morgan fingerprint density at radius 1 is 1.38 bits per heavy atom. The first-order valence-corrected chi connectivity index (χ1v) is 8.15. The molecule has 1 aromatic heterocycles. The summed E-state index contributed by atoms with van der Waals surface area (Å²) in [4.78, 5) is 12.5. The second-order valence-corrected chi connectivity index (χ2v) is 6.78. The summed E-state index contributed by atoms with van der Waals surface area (Å²) in [5, 5.41) is 3.65. The number of halogens is 2. The van der Waals surface area contributed by atoms with E-state index < -0.39 is 0 Å². The molecule has 1 aliphatic carbocycles. The van der Waals surface area contributed by atoms with Gasteiger partial charge in [-0.1, -0.05) is 39.7 Å². The summed E-state index contributed by atoms with van der Waals surface area (Å²) in [6, 6.07) is 10.1. The van der Waals surface area contributed by atoms with Crippen LogP contribution in [0.5, 0.6) is 0 Å². The molecular weight excluding hydrogens is 352 g/mol. The first-order chi connectivity index (χ1) is 10.0. The van der Waals surface area contributed by atoms with E-state index in [1.54, 1.807) is 6.07 Å². The van der Waals surface area contributed by atoms with Crippen LogP contribution < -0.4 is 5.32 Å². The van der Waals surface area contributed by atoms with Crippen molar-refractivity contribution in [2.24, 2.45) is 0 Å². The third-order valence-electron chi connectivity index (χ3n) is 3.71. The van der Waals surface area contributed by atoms with Crippen LogP contribution in [0.4, 0.5) is 0 Å². The van der Waals surface area contributed by atoms with Crippen molar-refractivity contribution < 1.29 is 4.79 Å². The number of hydrogen-bond donors (Lipinski definition) is 1. The molecule has 0 bridgehead atoms. The number of rotatable bonds is 4. The minimum absolute atomic E-state index is 0.0491. The van der Waals surface area contributed by atoms with Crippen LogP contribution in [0, 0.1) is 0 Å². The number of carbonyl (C=O) groups excluding carboxylic acids is 1. The van der Waals surface area contributed by atoms with E-state index in [9.17, 15) is 4.79 Å². The number of nitrogens with zero attached hydrogens (tertiary/aromatic N) is 1. The van der Waals surface area contributed by atoms with E-state index in [0.29, 0.717) is 16.8 Å². The van der Waals surface area contributed by atoms with Crippen LogP contribution in [-0.2, 0) is 0 Å². The average Bonchev–Trinajstić information content (AvgIpc) is 3.22. The van der Waals surface area contributed by atoms with E-state index in [1.165, 1.54) is 0 Å². The zero-order valence-corrected chi connectivity index (χ0v) is 14.0. The number of nitrogens with one attached hydrogen (secondary N) is 1. The van der Waals surface area contributed by atoms with Crippen molar-refractivity contribution in [3.8, 4) is 0 Å². The summed E-state index contributed by atoms with van der Waals surface area (Å²) in [7, 11) is 0. The smallest absolute Gasteiger partial charge is 0.268 e. The standard InChI is InChI=1S/C16H16BrClN2O/c1-10(11-2-4-12(17)5-3-11)19-16(21)15-8-13(18)9-20(15)14-6-7-14/h2-5,8-10,14H,6-7H2,1H3,(H,19,21). The van der Waals surface area contributed by atoms with Gasteiger partial charge in [0.1, 0.15) is 5.69 Å². The molecule has 2 aromatic rings. The number of amides is 1. The summed E-state index contributed by atoms with van der Waals surface area (Å²) in [5.41, 5.74) is 1.72. The number of benzene rings is 1. The van der Waals surface area contributed by atoms with E-state index in [1.807, 2.05) is 42.0 Å². The molecule has 0 saturated heterocycles. The lowest BCUT2D eigenvalue weighted by Gasteiger charge is -2.15. The summed E-state index contributed by atoms with van der Waals surface area (Å²) in [5.74, 6) is -0.0794. The molecular formula is C16H16BrClN2O. The lowest BCUT2D eigenvalue weighted by molar-refractivity contribution is 0.0930. The molecule has 1 unspecified atom stereocenters. The molecule has 0 radical (unpaired) electrons. The van der Waals surface area contributed by atoms with Crippen molar-refractivity contribution in [2.45, 2.75) is 31.8 Å². The molecule has 1 fully saturated rings.